The van der Waals surface area contributed by atoms with Crippen LogP contribution in [-0.4, -0.2) is 52.2 Å². The van der Waals surface area contributed by atoms with Gasteiger partial charge in [0.05, 0.1) is 6.61 Å². The van der Waals surface area contributed by atoms with Crippen molar-refractivity contribution in [3.05, 3.63) is 57.7 Å². The fraction of sp³-hybridized carbons (Fsp3) is 0.333. The van der Waals surface area contributed by atoms with Crippen LogP contribution in [-0.2, 0) is 17.7 Å². The Kier molecular flexibility index (Phi) is 6.06. The molecule has 5 rings (SSSR count). The molecule has 0 spiro atoms. The quantitative estimate of drug-likeness (QED) is 0.406. The van der Waals surface area contributed by atoms with Gasteiger partial charge in [-0.3, -0.25) is 4.90 Å². The third kappa shape index (κ3) is 4.60. The summed E-state index contributed by atoms with van der Waals surface area (Å²) in [6.07, 6.45) is 2.77. The molecule has 33 heavy (non-hydrogen) atoms. The summed E-state index contributed by atoms with van der Waals surface area (Å²) in [6, 6.07) is 10.1. The number of ether oxygens (including phenoxy) is 1. The minimum absolute atomic E-state index is 0.220. The number of nitrogens with one attached hydrogen (secondary N) is 1. The number of carbonyl (C=O) groups excluding carboxylic acids is 1. The van der Waals surface area contributed by atoms with E-state index in [-0.39, 0.29) is 5.97 Å². The number of fused-ring (bicyclic) bond motifs is 2. The summed E-state index contributed by atoms with van der Waals surface area (Å²) in [6.45, 7) is 7.49. The maximum Gasteiger partial charge on any atom is 0.348 e. The Hall–Kier alpha value is -3.30. The predicted octanol–water partition coefficient (Wildman–Crippen LogP) is 4.30. The van der Waals surface area contributed by atoms with Crippen molar-refractivity contribution in [3.63, 3.8) is 0 Å². The zero-order chi connectivity index (χ0) is 22.8. The Morgan fingerprint density at radius 1 is 1.30 bits per heavy atom. The number of esters is 1. The van der Waals surface area contributed by atoms with Crippen molar-refractivity contribution in [1.29, 1.82) is 0 Å². The molecule has 1 N–H and O–H groups in total. The molecule has 0 amide bonds. The average Bonchev–Trinajstić information content (AvgIpc) is 3.45. The fourth-order valence-corrected chi connectivity index (χ4v) is 5.21. The monoisotopic (exact) mass is 463 g/mol. The molecular formula is C24H25N5O3S. The molecule has 1 aromatic carbocycles. The van der Waals surface area contributed by atoms with Crippen LogP contribution >= 0.6 is 11.3 Å². The second-order valence-corrected chi connectivity index (χ2v) is 9.10. The zero-order valence-electron chi connectivity index (χ0n) is 18.6. The molecule has 8 nitrogen and oxygen atoms in total. The molecule has 9 heteroatoms. The highest BCUT2D eigenvalue weighted by atomic mass is 32.1. The number of aromatic nitrogens is 3. The summed E-state index contributed by atoms with van der Waals surface area (Å²) in [5.74, 6) is 1.74. The van der Waals surface area contributed by atoms with Gasteiger partial charge in [-0.1, -0.05) is 17.3 Å². The summed E-state index contributed by atoms with van der Waals surface area (Å²) in [7, 11) is 0. The van der Waals surface area contributed by atoms with Gasteiger partial charge in [0, 0.05) is 55.1 Å². The van der Waals surface area contributed by atoms with E-state index in [1.165, 1.54) is 10.4 Å². The molecule has 3 aromatic heterocycles. The van der Waals surface area contributed by atoms with E-state index < -0.39 is 0 Å². The van der Waals surface area contributed by atoms with Crippen molar-refractivity contribution in [1.82, 2.24) is 20.0 Å². The topological polar surface area (TPSA) is 93.4 Å². The van der Waals surface area contributed by atoms with Crippen LogP contribution in [0.3, 0.4) is 0 Å². The van der Waals surface area contributed by atoms with Gasteiger partial charge in [0.15, 0.2) is 0 Å². The molecule has 4 aromatic rings. The van der Waals surface area contributed by atoms with Gasteiger partial charge in [0.25, 0.3) is 0 Å². The highest BCUT2D eigenvalue weighted by molar-refractivity contribution is 7.14. The van der Waals surface area contributed by atoms with Gasteiger partial charge in [0.1, 0.15) is 10.7 Å². The number of thiophene rings is 1. The summed E-state index contributed by atoms with van der Waals surface area (Å²) < 4.78 is 10.3. The number of aryl methyl sites for hydroxylation is 1. The van der Waals surface area contributed by atoms with Crippen molar-refractivity contribution >= 4 is 33.9 Å². The minimum Gasteiger partial charge on any atom is -0.462 e. The SMILES string of the molecule is CCOC(=O)c1cc2c(s1)CN(CCNc1nccc3ccc(-c4noc(C)n4)cc13)CC2. The molecule has 0 atom stereocenters. The van der Waals surface area contributed by atoms with Crippen LogP contribution in [0.1, 0.15) is 32.9 Å². The molecule has 0 unspecified atom stereocenters. The van der Waals surface area contributed by atoms with Gasteiger partial charge in [0.2, 0.25) is 11.7 Å². The van der Waals surface area contributed by atoms with Crippen LogP contribution in [0.15, 0.2) is 41.1 Å². The van der Waals surface area contributed by atoms with E-state index in [2.05, 4.69) is 25.3 Å². The molecule has 1 aliphatic heterocycles. The van der Waals surface area contributed by atoms with Gasteiger partial charge in [-0.25, -0.2) is 9.78 Å². The number of rotatable bonds is 7. The summed E-state index contributed by atoms with van der Waals surface area (Å²) in [5, 5.41) is 9.65. The molecule has 4 heterocycles. The van der Waals surface area contributed by atoms with Gasteiger partial charge < -0.3 is 14.6 Å². The molecular weight excluding hydrogens is 438 g/mol. The highest BCUT2D eigenvalue weighted by Gasteiger charge is 2.22. The van der Waals surface area contributed by atoms with Crippen molar-refractivity contribution in [2.75, 3.05) is 31.6 Å². The molecule has 0 saturated heterocycles. The minimum atomic E-state index is -0.220. The standard InChI is InChI=1S/C24H25N5O3S/c1-3-31-24(30)20-13-17-7-10-29(14-21(17)33-20)11-9-26-23-19-12-18(22-27-15(2)32-28-22)5-4-16(19)6-8-25-23/h4-6,8,12-13H,3,7,9-11,14H2,1-2H3,(H,25,26). The molecule has 0 saturated carbocycles. The normalized spacial score (nSPS) is 13.8. The number of carbonyl (C=O) groups is 1. The van der Waals surface area contributed by atoms with Crippen LogP contribution in [0.5, 0.6) is 0 Å². The number of benzene rings is 1. The lowest BCUT2D eigenvalue weighted by Gasteiger charge is -2.26. The Balaban J connectivity index is 1.25. The van der Waals surface area contributed by atoms with Crippen LogP contribution < -0.4 is 5.32 Å². The number of pyridine rings is 1. The second-order valence-electron chi connectivity index (χ2n) is 7.96. The third-order valence-corrected chi connectivity index (χ3v) is 6.85. The highest BCUT2D eigenvalue weighted by Crippen LogP contribution is 2.29. The smallest absolute Gasteiger partial charge is 0.348 e. The lowest BCUT2D eigenvalue weighted by molar-refractivity contribution is 0.0532. The van der Waals surface area contributed by atoms with E-state index in [0.29, 0.717) is 23.2 Å². The second kappa shape index (κ2) is 9.29. The first-order chi connectivity index (χ1) is 16.1. The Labute approximate surface area is 195 Å². The van der Waals surface area contributed by atoms with Gasteiger partial charge in [-0.05, 0) is 42.5 Å². The largest absolute Gasteiger partial charge is 0.462 e. The Bertz CT molecular complexity index is 1300. The molecule has 0 bridgehead atoms. The first-order valence-corrected chi connectivity index (χ1v) is 11.9. The average molecular weight is 464 g/mol. The molecule has 0 fully saturated rings. The first kappa shape index (κ1) is 21.5. The van der Waals surface area contributed by atoms with Crippen molar-refractivity contribution in [3.8, 4) is 11.4 Å². The molecule has 0 aliphatic carbocycles. The van der Waals surface area contributed by atoms with Crippen LogP contribution in [0.2, 0.25) is 0 Å². The Morgan fingerprint density at radius 2 is 2.21 bits per heavy atom. The van der Waals surface area contributed by atoms with Gasteiger partial charge in [-0.15, -0.1) is 11.3 Å². The van der Waals surface area contributed by atoms with E-state index in [1.54, 1.807) is 18.3 Å². The maximum atomic E-state index is 12.0. The summed E-state index contributed by atoms with van der Waals surface area (Å²) in [5.41, 5.74) is 2.17. The lowest BCUT2D eigenvalue weighted by Crippen LogP contribution is -2.33. The number of anilines is 1. The Morgan fingerprint density at radius 3 is 3.03 bits per heavy atom. The maximum absolute atomic E-state index is 12.0. The summed E-state index contributed by atoms with van der Waals surface area (Å²) >= 11 is 1.55. The van der Waals surface area contributed by atoms with Crippen LogP contribution in [0.25, 0.3) is 22.2 Å². The van der Waals surface area contributed by atoms with E-state index in [0.717, 1.165) is 54.8 Å². The first-order valence-electron chi connectivity index (χ1n) is 11.0. The van der Waals surface area contributed by atoms with E-state index in [1.807, 2.05) is 43.5 Å². The predicted molar refractivity (Wildman–Crippen MR) is 128 cm³/mol. The molecule has 170 valence electrons. The van der Waals surface area contributed by atoms with Crippen molar-refractivity contribution < 1.29 is 14.1 Å². The van der Waals surface area contributed by atoms with Crippen molar-refractivity contribution in [2.45, 2.75) is 26.8 Å². The van der Waals surface area contributed by atoms with Gasteiger partial charge in [-0.2, -0.15) is 4.98 Å². The third-order valence-electron chi connectivity index (χ3n) is 5.71. The lowest BCUT2D eigenvalue weighted by atomic mass is 10.1. The van der Waals surface area contributed by atoms with E-state index in [9.17, 15) is 4.79 Å². The zero-order valence-corrected chi connectivity index (χ0v) is 19.4. The summed E-state index contributed by atoms with van der Waals surface area (Å²) in [4.78, 5) is 25.3. The van der Waals surface area contributed by atoms with Crippen LogP contribution in [0, 0.1) is 6.92 Å². The molecule has 1 aliphatic rings. The number of nitrogens with zero attached hydrogens (tertiary/aromatic N) is 4. The number of hydrogen-bond acceptors (Lipinski definition) is 9. The van der Waals surface area contributed by atoms with E-state index >= 15 is 0 Å². The van der Waals surface area contributed by atoms with Crippen molar-refractivity contribution in [2.24, 2.45) is 0 Å². The van der Waals surface area contributed by atoms with Gasteiger partial charge >= 0.3 is 5.97 Å². The van der Waals surface area contributed by atoms with E-state index in [4.69, 9.17) is 9.26 Å². The molecule has 0 radical (unpaired) electrons. The fourth-order valence-electron chi connectivity index (χ4n) is 4.06. The van der Waals surface area contributed by atoms with Crippen LogP contribution in [0.4, 0.5) is 5.82 Å². The number of hydrogen-bond donors (Lipinski definition) is 1.